The molecule has 3 heterocycles. The van der Waals surface area contributed by atoms with Gasteiger partial charge in [-0.1, -0.05) is 18.2 Å². The lowest BCUT2D eigenvalue weighted by atomic mass is 10.1. The lowest BCUT2D eigenvalue weighted by Crippen LogP contribution is -2.35. The van der Waals surface area contributed by atoms with Crippen molar-refractivity contribution in [1.82, 2.24) is 19.9 Å². The average Bonchev–Trinajstić information content (AvgIpc) is 3.40. The first-order valence-electron chi connectivity index (χ1n) is 11.6. The van der Waals surface area contributed by atoms with Crippen LogP contribution < -0.4 is 10.6 Å². The van der Waals surface area contributed by atoms with Crippen molar-refractivity contribution in [2.75, 3.05) is 17.2 Å². The second-order valence-electron chi connectivity index (χ2n) is 8.91. The Hall–Kier alpha value is -3.18. The molecule has 1 unspecified atom stereocenters. The number of aryl methyl sites for hydroxylation is 1. The fourth-order valence-corrected chi connectivity index (χ4v) is 5.57. The van der Waals surface area contributed by atoms with E-state index in [1.165, 1.54) is 0 Å². The van der Waals surface area contributed by atoms with Crippen LogP contribution in [0, 0.1) is 12.8 Å². The van der Waals surface area contributed by atoms with Crippen molar-refractivity contribution >= 4 is 33.3 Å². The number of anilines is 2. The van der Waals surface area contributed by atoms with Crippen molar-refractivity contribution in [2.45, 2.75) is 44.6 Å². The van der Waals surface area contributed by atoms with Gasteiger partial charge in [0.2, 0.25) is 5.95 Å². The molecule has 1 aromatic carbocycles. The molecule has 0 spiro atoms. The summed E-state index contributed by atoms with van der Waals surface area (Å²) in [4.78, 5) is 18.5. The van der Waals surface area contributed by atoms with Crippen LogP contribution in [0.15, 0.2) is 48.8 Å². The summed E-state index contributed by atoms with van der Waals surface area (Å²) in [6.07, 6.45) is 1.90. The molecule has 9 nitrogen and oxygen atoms in total. The van der Waals surface area contributed by atoms with Gasteiger partial charge in [0.05, 0.1) is 39.7 Å². The fourth-order valence-electron chi connectivity index (χ4n) is 4.51. The Morgan fingerprint density at radius 2 is 1.91 bits per heavy atom. The molecule has 0 aliphatic heterocycles. The average molecular weight is 493 g/mol. The molecule has 1 saturated carbocycles. The molecule has 5 atom stereocenters. The Balaban J connectivity index is 1.54. The third-order valence-electron chi connectivity index (χ3n) is 6.49. The van der Waals surface area contributed by atoms with Crippen molar-refractivity contribution in [3.05, 3.63) is 60.0 Å². The molecule has 0 radical (unpaired) electrons. The zero-order chi connectivity index (χ0) is 24.5. The highest BCUT2D eigenvalue weighted by atomic mass is 32.1. The summed E-state index contributed by atoms with van der Waals surface area (Å²) in [5.74, 6) is 0.546. The van der Waals surface area contributed by atoms with E-state index in [9.17, 15) is 15.3 Å². The smallest absolute Gasteiger partial charge is 0.225 e. The van der Waals surface area contributed by atoms with E-state index in [4.69, 9.17) is 15.0 Å². The third-order valence-corrected chi connectivity index (χ3v) is 7.54. The first-order valence-corrected chi connectivity index (χ1v) is 12.4. The second-order valence-corrected chi connectivity index (χ2v) is 9.94. The number of rotatable bonds is 7. The number of hydrogen-bond donors (Lipinski definition) is 5. The number of aliphatic hydroxyl groups excluding tert-OH is 3. The summed E-state index contributed by atoms with van der Waals surface area (Å²) in [5.41, 5.74) is 3.37. The summed E-state index contributed by atoms with van der Waals surface area (Å²) in [5, 5.41) is 38.0. The minimum absolute atomic E-state index is 0.0816. The summed E-state index contributed by atoms with van der Waals surface area (Å²) < 4.78 is 1.05. The number of nitrogens with zero attached hydrogens (tertiary/aromatic N) is 4. The standard InChI is InChI=1S/C25H28N6O3S/c1-13(15-6-5-9-26-11-15)27-25-28-14(2)20(24-30-17-7-3-4-8-19(17)35-24)23(31-25)29-18-10-16(12-32)21(33)22(18)34/h3-9,11,13,16,18,21-22,32-34H,10,12H2,1-2H3,(H2,27,28,29,31)/t13?,16-,18-,21-,22+/m1/s1. The van der Waals surface area contributed by atoms with Crippen LogP contribution in [0.25, 0.3) is 20.8 Å². The van der Waals surface area contributed by atoms with Crippen LogP contribution in [0.3, 0.4) is 0 Å². The van der Waals surface area contributed by atoms with Gasteiger partial charge in [0.25, 0.3) is 0 Å². The summed E-state index contributed by atoms with van der Waals surface area (Å²) in [7, 11) is 0. The highest BCUT2D eigenvalue weighted by molar-refractivity contribution is 7.21. The number of benzene rings is 1. The van der Waals surface area contributed by atoms with E-state index >= 15 is 0 Å². The molecule has 5 N–H and O–H groups in total. The number of pyridine rings is 1. The monoisotopic (exact) mass is 492 g/mol. The van der Waals surface area contributed by atoms with Crippen molar-refractivity contribution in [2.24, 2.45) is 5.92 Å². The van der Waals surface area contributed by atoms with Crippen LogP contribution in [-0.2, 0) is 0 Å². The van der Waals surface area contributed by atoms with Gasteiger partial charge in [-0.25, -0.2) is 9.97 Å². The number of hydrogen-bond acceptors (Lipinski definition) is 10. The molecule has 35 heavy (non-hydrogen) atoms. The van der Waals surface area contributed by atoms with Crippen LogP contribution in [0.4, 0.5) is 11.8 Å². The molecular weight excluding hydrogens is 464 g/mol. The lowest BCUT2D eigenvalue weighted by Gasteiger charge is -2.22. The van der Waals surface area contributed by atoms with Crippen molar-refractivity contribution < 1.29 is 15.3 Å². The van der Waals surface area contributed by atoms with Gasteiger partial charge in [0.1, 0.15) is 16.9 Å². The molecule has 1 aliphatic carbocycles. The molecule has 1 fully saturated rings. The van der Waals surface area contributed by atoms with E-state index in [-0.39, 0.29) is 12.6 Å². The van der Waals surface area contributed by atoms with E-state index < -0.39 is 24.2 Å². The minimum atomic E-state index is -1.03. The van der Waals surface area contributed by atoms with Crippen LogP contribution in [-0.4, -0.2) is 60.1 Å². The third kappa shape index (κ3) is 4.70. The largest absolute Gasteiger partial charge is 0.396 e. The molecule has 1 aliphatic rings. The van der Waals surface area contributed by atoms with Gasteiger partial charge >= 0.3 is 0 Å². The van der Waals surface area contributed by atoms with Gasteiger partial charge in [0, 0.05) is 24.9 Å². The molecule has 0 amide bonds. The summed E-state index contributed by atoms with van der Waals surface area (Å²) in [6, 6.07) is 11.2. The Morgan fingerprint density at radius 1 is 1.09 bits per heavy atom. The molecule has 182 valence electrons. The van der Waals surface area contributed by atoms with Gasteiger partial charge in [-0.05, 0) is 44.0 Å². The minimum Gasteiger partial charge on any atom is -0.396 e. The van der Waals surface area contributed by atoms with Crippen LogP contribution >= 0.6 is 11.3 Å². The SMILES string of the molecule is Cc1nc(NC(C)c2cccnc2)nc(N[C@@H]2C[C@H](CO)[C@@H](O)[C@H]2O)c1-c1nc2ccccc2s1. The molecule has 4 aromatic rings. The van der Waals surface area contributed by atoms with E-state index in [0.717, 1.165) is 32.0 Å². The van der Waals surface area contributed by atoms with Crippen LogP contribution in [0.1, 0.15) is 30.6 Å². The number of fused-ring (bicyclic) bond motifs is 1. The van der Waals surface area contributed by atoms with Crippen LogP contribution in [0.2, 0.25) is 0 Å². The first kappa shape index (κ1) is 23.6. The topological polar surface area (TPSA) is 136 Å². The zero-order valence-electron chi connectivity index (χ0n) is 19.5. The number of thiazole rings is 1. The highest BCUT2D eigenvalue weighted by Crippen LogP contribution is 2.38. The van der Waals surface area contributed by atoms with Crippen molar-refractivity contribution in [1.29, 1.82) is 0 Å². The molecule has 5 rings (SSSR count). The predicted octanol–water partition coefficient (Wildman–Crippen LogP) is 3.14. The molecule has 10 heteroatoms. The van der Waals surface area contributed by atoms with Gasteiger partial charge in [-0.15, -0.1) is 11.3 Å². The van der Waals surface area contributed by atoms with Gasteiger partial charge in [-0.2, -0.15) is 4.98 Å². The predicted molar refractivity (Wildman–Crippen MR) is 136 cm³/mol. The van der Waals surface area contributed by atoms with E-state index in [1.807, 2.05) is 50.2 Å². The first-order chi connectivity index (χ1) is 16.9. The number of aromatic nitrogens is 4. The highest BCUT2D eigenvalue weighted by Gasteiger charge is 2.41. The summed E-state index contributed by atoms with van der Waals surface area (Å²) in [6.45, 7) is 3.72. The van der Waals surface area contributed by atoms with E-state index in [2.05, 4.69) is 15.6 Å². The van der Waals surface area contributed by atoms with Crippen LogP contribution in [0.5, 0.6) is 0 Å². The van der Waals surface area contributed by atoms with Gasteiger partial charge in [0.15, 0.2) is 0 Å². The Bertz CT molecular complexity index is 1280. The van der Waals surface area contributed by atoms with E-state index in [1.54, 1.807) is 23.7 Å². The van der Waals surface area contributed by atoms with Crippen molar-refractivity contribution in [3.8, 4) is 10.6 Å². The Kier molecular flexibility index (Phi) is 6.61. The van der Waals surface area contributed by atoms with Gasteiger partial charge < -0.3 is 26.0 Å². The fraction of sp³-hybridized carbons (Fsp3) is 0.360. The Labute approximate surface area is 207 Å². The normalized spacial score (nSPS) is 22.9. The maximum absolute atomic E-state index is 10.6. The number of para-hydroxylation sites is 1. The molecule has 0 saturated heterocycles. The second kappa shape index (κ2) is 9.82. The van der Waals surface area contributed by atoms with E-state index in [0.29, 0.717) is 18.2 Å². The number of nitrogens with one attached hydrogen (secondary N) is 2. The zero-order valence-corrected chi connectivity index (χ0v) is 20.3. The molecular formula is C25H28N6O3S. The summed E-state index contributed by atoms with van der Waals surface area (Å²) >= 11 is 1.55. The quantitative estimate of drug-likeness (QED) is 0.263. The Morgan fingerprint density at radius 3 is 2.63 bits per heavy atom. The van der Waals surface area contributed by atoms with Gasteiger partial charge in [-0.3, -0.25) is 4.98 Å². The maximum Gasteiger partial charge on any atom is 0.225 e. The lowest BCUT2D eigenvalue weighted by molar-refractivity contribution is 0.00446. The molecule has 3 aromatic heterocycles. The maximum atomic E-state index is 10.6. The molecule has 0 bridgehead atoms. The number of aliphatic hydroxyl groups is 3. The van der Waals surface area contributed by atoms with Crippen molar-refractivity contribution in [3.63, 3.8) is 0 Å².